The third kappa shape index (κ3) is 2.55. The first-order valence-electron chi connectivity index (χ1n) is 7.24. The quantitative estimate of drug-likeness (QED) is 0.849. The summed E-state index contributed by atoms with van der Waals surface area (Å²) in [7, 11) is -0.554. The Kier molecular flexibility index (Phi) is 3.84. The summed E-state index contributed by atoms with van der Waals surface area (Å²) < 4.78 is 25.0. The lowest BCUT2D eigenvalue weighted by molar-refractivity contribution is -0.000740. The molecule has 3 rings (SSSR count). The highest BCUT2D eigenvalue weighted by Gasteiger charge is 2.40. The molecule has 128 valence electrons. The summed E-state index contributed by atoms with van der Waals surface area (Å²) in [6, 6.07) is 9.25. The van der Waals surface area contributed by atoms with Gasteiger partial charge in [-0.25, -0.2) is 8.42 Å². The molecule has 1 aliphatic rings. The molecule has 1 aromatic heterocycles. The van der Waals surface area contributed by atoms with Gasteiger partial charge in [0.15, 0.2) is 11.5 Å². The van der Waals surface area contributed by atoms with Gasteiger partial charge in [0.25, 0.3) is 5.91 Å². The van der Waals surface area contributed by atoms with E-state index in [1.165, 1.54) is 21.4 Å². The van der Waals surface area contributed by atoms with E-state index < -0.39 is 22.1 Å². The molecule has 0 spiro atoms. The Morgan fingerprint density at radius 3 is 2.42 bits per heavy atom. The second-order valence-corrected chi connectivity index (χ2v) is 7.68. The summed E-state index contributed by atoms with van der Waals surface area (Å²) in [5.41, 5.74) is 0.992. The minimum Gasteiger partial charge on any atom is -0.356 e. The van der Waals surface area contributed by atoms with Crippen LogP contribution in [0.25, 0.3) is 0 Å². The Hall–Kier alpha value is -2.39. The highest BCUT2D eigenvalue weighted by molar-refractivity contribution is 7.90. The Balaban J connectivity index is 2.07. The number of carbonyl (C=O) groups is 1. The van der Waals surface area contributed by atoms with E-state index in [0.29, 0.717) is 0 Å². The number of nitrogens with zero attached hydrogens (tertiary/aromatic N) is 4. The van der Waals surface area contributed by atoms with E-state index in [1.807, 2.05) is 30.3 Å². The van der Waals surface area contributed by atoms with Crippen LogP contribution in [0.3, 0.4) is 0 Å². The van der Waals surface area contributed by atoms with Crippen LogP contribution < -0.4 is 4.90 Å². The molecule has 1 N–H and O–H groups in total. The number of rotatable bonds is 3. The SMILES string of the molecule is CN1c2nc(S(C)(=O)=O)n(C)c2C(=O)N(Cc2ccccc2)C1O. The van der Waals surface area contributed by atoms with Gasteiger partial charge in [0.2, 0.25) is 21.3 Å². The normalized spacial score (nSPS) is 18.0. The standard InChI is InChI=1S/C15H18N4O4S/c1-17-11-12(16-14(17)24(3,22)23)18(2)15(21)19(13(11)20)9-10-7-5-4-6-8-10/h4-8,15,21H,9H2,1-3H3. The van der Waals surface area contributed by atoms with E-state index in [1.54, 1.807) is 7.05 Å². The van der Waals surface area contributed by atoms with Crippen molar-refractivity contribution in [2.24, 2.45) is 7.05 Å². The van der Waals surface area contributed by atoms with Crippen LogP contribution in [0.15, 0.2) is 35.5 Å². The molecule has 0 saturated heterocycles. The molecule has 0 saturated carbocycles. The Bertz CT molecular complexity index is 892. The number of anilines is 1. The minimum absolute atomic E-state index is 0.138. The molecule has 0 bridgehead atoms. The summed E-state index contributed by atoms with van der Waals surface area (Å²) in [6.07, 6.45) is -0.198. The third-order valence-electron chi connectivity index (χ3n) is 3.99. The van der Waals surface area contributed by atoms with Crippen LogP contribution in [0.1, 0.15) is 16.1 Å². The number of imidazole rings is 1. The highest BCUT2D eigenvalue weighted by Crippen LogP contribution is 2.31. The van der Waals surface area contributed by atoms with Gasteiger partial charge >= 0.3 is 0 Å². The molecule has 2 aromatic rings. The highest BCUT2D eigenvalue weighted by atomic mass is 32.2. The van der Waals surface area contributed by atoms with E-state index in [2.05, 4.69) is 4.98 Å². The van der Waals surface area contributed by atoms with Gasteiger partial charge < -0.3 is 14.6 Å². The zero-order valence-corrected chi connectivity index (χ0v) is 14.4. The zero-order valence-electron chi connectivity index (χ0n) is 13.5. The third-order valence-corrected chi connectivity index (χ3v) is 5.01. The van der Waals surface area contributed by atoms with Crippen molar-refractivity contribution in [2.45, 2.75) is 18.1 Å². The second-order valence-electron chi connectivity index (χ2n) is 5.77. The van der Waals surface area contributed by atoms with Crippen LogP contribution in [0.2, 0.25) is 0 Å². The number of benzene rings is 1. The topological polar surface area (TPSA) is 95.7 Å². The molecular formula is C15H18N4O4S. The molecule has 2 heterocycles. The number of aliphatic hydroxyl groups excluding tert-OH is 1. The number of aromatic nitrogens is 2. The van der Waals surface area contributed by atoms with Crippen molar-refractivity contribution in [2.75, 3.05) is 18.2 Å². The van der Waals surface area contributed by atoms with E-state index in [-0.39, 0.29) is 23.2 Å². The van der Waals surface area contributed by atoms with Crippen LogP contribution in [-0.2, 0) is 23.4 Å². The molecule has 1 unspecified atom stereocenters. The molecule has 24 heavy (non-hydrogen) atoms. The Morgan fingerprint density at radius 2 is 1.83 bits per heavy atom. The minimum atomic E-state index is -3.60. The summed E-state index contributed by atoms with van der Waals surface area (Å²) in [5, 5.41) is 10.2. The molecule has 0 fully saturated rings. The fraction of sp³-hybridized carbons (Fsp3) is 0.333. The van der Waals surface area contributed by atoms with E-state index in [4.69, 9.17) is 0 Å². The van der Waals surface area contributed by atoms with Gasteiger partial charge in [0.1, 0.15) is 0 Å². The van der Waals surface area contributed by atoms with Gasteiger partial charge in [0.05, 0.1) is 6.54 Å². The average molecular weight is 350 g/mol. The predicted octanol–water partition coefficient (Wildman–Crippen LogP) is 0.192. The van der Waals surface area contributed by atoms with Gasteiger partial charge in [-0.15, -0.1) is 0 Å². The maximum atomic E-state index is 12.8. The van der Waals surface area contributed by atoms with Crippen molar-refractivity contribution in [1.29, 1.82) is 0 Å². The van der Waals surface area contributed by atoms with Crippen molar-refractivity contribution in [1.82, 2.24) is 14.5 Å². The molecule has 9 heteroatoms. The van der Waals surface area contributed by atoms with Gasteiger partial charge in [-0.3, -0.25) is 9.69 Å². The molecule has 8 nitrogen and oxygen atoms in total. The van der Waals surface area contributed by atoms with Gasteiger partial charge in [-0.05, 0) is 5.56 Å². The number of carbonyl (C=O) groups excluding carboxylic acids is 1. The van der Waals surface area contributed by atoms with Crippen molar-refractivity contribution in [3.8, 4) is 0 Å². The zero-order chi connectivity index (χ0) is 17.6. The molecule has 1 aliphatic heterocycles. The van der Waals surface area contributed by atoms with Crippen LogP contribution in [0.5, 0.6) is 0 Å². The second kappa shape index (κ2) is 5.60. The van der Waals surface area contributed by atoms with Gasteiger partial charge in [-0.2, -0.15) is 4.98 Å². The number of aliphatic hydroxyl groups is 1. The molecule has 0 radical (unpaired) electrons. The number of sulfone groups is 1. The van der Waals surface area contributed by atoms with E-state index >= 15 is 0 Å². The lowest BCUT2D eigenvalue weighted by atomic mass is 10.2. The molecule has 1 aromatic carbocycles. The lowest BCUT2D eigenvalue weighted by Crippen LogP contribution is -2.53. The number of hydrogen-bond donors (Lipinski definition) is 1. The molecule has 0 aliphatic carbocycles. The van der Waals surface area contributed by atoms with Crippen LogP contribution in [0.4, 0.5) is 5.82 Å². The summed E-state index contributed by atoms with van der Waals surface area (Å²) in [4.78, 5) is 19.5. The Labute approximate surface area is 139 Å². The first-order chi connectivity index (χ1) is 11.2. The maximum absolute atomic E-state index is 12.8. The van der Waals surface area contributed by atoms with Crippen molar-refractivity contribution < 1.29 is 18.3 Å². The largest absolute Gasteiger partial charge is 0.356 e. The first kappa shape index (κ1) is 16.5. The van der Waals surface area contributed by atoms with Crippen LogP contribution in [-0.4, -0.2) is 53.5 Å². The molecular weight excluding hydrogens is 332 g/mol. The van der Waals surface area contributed by atoms with Crippen LogP contribution in [0, 0.1) is 0 Å². The summed E-state index contributed by atoms with van der Waals surface area (Å²) >= 11 is 0. The monoisotopic (exact) mass is 350 g/mol. The smallest absolute Gasteiger partial charge is 0.278 e. The van der Waals surface area contributed by atoms with E-state index in [9.17, 15) is 18.3 Å². The predicted molar refractivity (Wildman–Crippen MR) is 87.0 cm³/mol. The number of fused-ring (bicyclic) bond motifs is 1. The van der Waals surface area contributed by atoms with Gasteiger partial charge in [-0.1, -0.05) is 30.3 Å². The van der Waals surface area contributed by atoms with E-state index in [0.717, 1.165) is 11.8 Å². The summed E-state index contributed by atoms with van der Waals surface area (Å²) in [6.45, 7) is 0.198. The summed E-state index contributed by atoms with van der Waals surface area (Å²) in [5.74, 6) is -0.316. The van der Waals surface area contributed by atoms with Crippen molar-refractivity contribution in [3.05, 3.63) is 41.6 Å². The van der Waals surface area contributed by atoms with Gasteiger partial charge in [0, 0.05) is 20.4 Å². The fourth-order valence-corrected chi connectivity index (χ4v) is 3.61. The van der Waals surface area contributed by atoms with Crippen LogP contribution >= 0.6 is 0 Å². The fourth-order valence-electron chi connectivity index (χ4n) is 2.77. The average Bonchev–Trinajstić information content (AvgIpc) is 2.88. The van der Waals surface area contributed by atoms with Crippen molar-refractivity contribution >= 4 is 21.6 Å². The Morgan fingerprint density at radius 1 is 1.21 bits per heavy atom. The lowest BCUT2D eigenvalue weighted by Gasteiger charge is -2.38. The number of hydrogen-bond acceptors (Lipinski definition) is 6. The van der Waals surface area contributed by atoms with Crippen molar-refractivity contribution in [3.63, 3.8) is 0 Å². The first-order valence-corrected chi connectivity index (χ1v) is 9.13. The molecule has 1 amide bonds. The number of amides is 1. The molecule has 1 atom stereocenters. The maximum Gasteiger partial charge on any atom is 0.278 e.